The molecule has 4 nitrogen and oxygen atoms in total. The number of carbonyl (C=O) groups excluding carboxylic acids is 2. The van der Waals surface area contributed by atoms with Crippen LogP contribution in [0, 0.1) is 5.92 Å². The summed E-state index contributed by atoms with van der Waals surface area (Å²) < 4.78 is 4.50. The molecule has 0 bridgehead atoms. The molecule has 0 aliphatic rings. The number of rotatable bonds is 6. The average Bonchev–Trinajstić information content (AvgIpc) is 2.10. The molecule has 0 saturated carbocycles. The molecule has 0 aliphatic heterocycles. The van der Waals surface area contributed by atoms with Gasteiger partial charge in [0.05, 0.1) is 6.61 Å². The van der Waals surface area contributed by atoms with Gasteiger partial charge in [-0.3, -0.25) is 9.59 Å². The topological polar surface area (TPSA) is 55.4 Å². The van der Waals surface area contributed by atoms with Gasteiger partial charge in [0.1, 0.15) is 0 Å². The zero-order chi connectivity index (χ0) is 9.40. The van der Waals surface area contributed by atoms with Gasteiger partial charge in [-0.2, -0.15) is 0 Å². The smallest absolute Gasteiger partial charge is 0.293 e. The molecule has 12 heavy (non-hydrogen) atoms. The van der Waals surface area contributed by atoms with E-state index in [1.54, 1.807) is 0 Å². The first-order chi connectivity index (χ1) is 5.70. The molecule has 0 heterocycles. The van der Waals surface area contributed by atoms with Crippen molar-refractivity contribution in [3.63, 3.8) is 0 Å². The van der Waals surface area contributed by atoms with Crippen molar-refractivity contribution in [2.24, 2.45) is 5.92 Å². The third kappa shape index (κ3) is 5.46. The van der Waals surface area contributed by atoms with E-state index >= 15 is 0 Å². The summed E-state index contributed by atoms with van der Waals surface area (Å²) in [5.74, 6) is -0.0907. The van der Waals surface area contributed by atoms with Crippen LogP contribution in [0.2, 0.25) is 0 Å². The minimum absolute atomic E-state index is 0.124. The van der Waals surface area contributed by atoms with Crippen molar-refractivity contribution in [3.8, 4) is 0 Å². The number of amides is 1. The molecule has 1 unspecified atom stereocenters. The molecule has 0 aromatic heterocycles. The molecule has 0 rings (SSSR count). The van der Waals surface area contributed by atoms with Crippen molar-refractivity contribution >= 4 is 12.4 Å². The van der Waals surface area contributed by atoms with E-state index in [-0.39, 0.29) is 11.8 Å². The van der Waals surface area contributed by atoms with E-state index in [1.807, 2.05) is 6.92 Å². The zero-order valence-electron chi connectivity index (χ0n) is 7.08. The van der Waals surface area contributed by atoms with Gasteiger partial charge in [0.15, 0.2) is 0 Å². The van der Waals surface area contributed by atoms with Crippen molar-refractivity contribution in [3.05, 3.63) is 12.7 Å². The van der Waals surface area contributed by atoms with Crippen LogP contribution in [-0.2, 0) is 14.3 Å². The monoisotopic (exact) mass is 171 g/mol. The number of nitrogens with one attached hydrogen (secondary N) is 1. The van der Waals surface area contributed by atoms with Gasteiger partial charge in [-0.25, -0.2) is 0 Å². The Hall–Kier alpha value is -1.32. The summed E-state index contributed by atoms with van der Waals surface area (Å²) >= 11 is 0. The fourth-order valence-corrected chi connectivity index (χ4v) is 0.609. The van der Waals surface area contributed by atoms with E-state index in [9.17, 15) is 9.59 Å². The molecule has 1 amide bonds. The maximum Gasteiger partial charge on any atom is 0.293 e. The van der Waals surface area contributed by atoms with Crippen LogP contribution in [0.15, 0.2) is 12.7 Å². The summed E-state index contributed by atoms with van der Waals surface area (Å²) in [5, 5.41) is 2.59. The van der Waals surface area contributed by atoms with Gasteiger partial charge in [0, 0.05) is 12.5 Å². The number of hydrogen-bond acceptors (Lipinski definition) is 3. The Kier molecular flexibility index (Phi) is 5.69. The largest absolute Gasteiger partial charge is 0.468 e. The SMILES string of the molecule is C=CC(=O)NCC(C)COC=O. The average molecular weight is 171 g/mol. The van der Waals surface area contributed by atoms with Crippen LogP contribution in [-0.4, -0.2) is 25.5 Å². The summed E-state index contributed by atoms with van der Waals surface area (Å²) in [4.78, 5) is 20.4. The summed E-state index contributed by atoms with van der Waals surface area (Å²) in [6, 6.07) is 0. The molecule has 68 valence electrons. The third-order valence-corrected chi connectivity index (χ3v) is 1.26. The zero-order valence-corrected chi connectivity index (χ0v) is 7.08. The van der Waals surface area contributed by atoms with Crippen molar-refractivity contribution in [1.82, 2.24) is 5.32 Å². The van der Waals surface area contributed by atoms with E-state index in [4.69, 9.17) is 0 Å². The lowest BCUT2D eigenvalue weighted by Crippen LogP contribution is -2.28. The van der Waals surface area contributed by atoms with Crippen LogP contribution in [0.4, 0.5) is 0 Å². The summed E-state index contributed by atoms with van der Waals surface area (Å²) in [7, 11) is 0. The Labute approximate surface area is 71.6 Å². The number of ether oxygens (including phenoxy) is 1. The number of hydrogen-bond donors (Lipinski definition) is 1. The summed E-state index contributed by atoms with van der Waals surface area (Å²) in [5.41, 5.74) is 0. The summed E-state index contributed by atoms with van der Waals surface area (Å²) in [6.07, 6.45) is 1.20. The normalized spacial score (nSPS) is 11.4. The standard InChI is InChI=1S/C8H13NO3/c1-3-8(11)9-4-7(2)5-12-6-10/h3,6-7H,1,4-5H2,2H3,(H,9,11). The second-order valence-corrected chi connectivity index (χ2v) is 2.48. The predicted octanol–water partition coefficient (Wildman–Crippen LogP) is 0.0977. The van der Waals surface area contributed by atoms with E-state index < -0.39 is 0 Å². The fraction of sp³-hybridized carbons (Fsp3) is 0.500. The molecule has 0 aliphatic carbocycles. The molecule has 1 N–H and O–H groups in total. The predicted molar refractivity (Wildman–Crippen MR) is 44.4 cm³/mol. The highest BCUT2D eigenvalue weighted by Crippen LogP contribution is 1.91. The van der Waals surface area contributed by atoms with Gasteiger partial charge < -0.3 is 10.1 Å². The second kappa shape index (κ2) is 6.39. The highest BCUT2D eigenvalue weighted by Gasteiger charge is 2.02. The van der Waals surface area contributed by atoms with E-state index in [2.05, 4.69) is 16.6 Å². The van der Waals surface area contributed by atoms with Crippen LogP contribution < -0.4 is 5.32 Å². The van der Waals surface area contributed by atoms with Crippen LogP contribution in [0.3, 0.4) is 0 Å². The van der Waals surface area contributed by atoms with E-state index in [1.165, 1.54) is 6.08 Å². The summed E-state index contributed by atoms with van der Waals surface area (Å²) in [6.45, 7) is 6.37. The molecule has 0 radical (unpaired) electrons. The lowest BCUT2D eigenvalue weighted by molar-refractivity contribution is -0.129. The van der Waals surface area contributed by atoms with Gasteiger partial charge in [-0.05, 0) is 6.08 Å². The second-order valence-electron chi connectivity index (χ2n) is 2.48. The maximum absolute atomic E-state index is 10.7. The highest BCUT2D eigenvalue weighted by atomic mass is 16.5. The number of carbonyl (C=O) groups is 2. The molecular formula is C8H13NO3. The van der Waals surface area contributed by atoms with Crippen LogP contribution in [0.5, 0.6) is 0 Å². The Bertz CT molecular complexity index is 168. The molecule has 0 saturated heterocycles. The Morgan fingerprint density at radius 3 is 2.92 bits per heavy atom. The van der Waals surface area contributed by atoms with Crippen molar-refractivity contribution in [2.45, 2.75) is 6.92 Å². The highest BCUT2D eigenvalue weighted by molar-refractivity contribution is 5.86. The maximum atomic E-state index is 10.7. The van der Waals surface area contributed by atoms with Gasteiger partial charge in [0.2, 0.25) is 5.91 Å². The van der Waals surface area contributed by atoms with Crippen molar-refractivity contribution < 1.29 is 14.3 Å². The van der Waals surface area contributed by atoms with Gasteiger partial charge >= 0.3 is 0 Å². The Morgan fingerprint density at radius 2 is 2.42 bits per heavy atom. The lowest BCUT2D eigenvalue weighted by atomic mass is 10.2. The first-order valence-corrected chi connectivity index (χ1v) is 3.66. The first-order valence-electron chi connectivity index (χ1n) is 3.66. The van der Waals surface area contributed by atoms with Gasteiger partial charge in [-0.15, -0.1) is 0 Å². The molecule has 0 aromatic carbocycles. The molecule has 1 atom stereocenters. The third-order valence-electron chi connectivity index (χ3n) is 1.26. The Morgan fingerprint density at radius 1 is 1.75 bits per heavy atom. The fourth-order valence-electron chi connectivity index (χ4n) is 0.609. The molecular weight excluding hydrogens is 158 g/mol. The molecule has 0 aromatic rings. The minimum atomic E-state index is -0.215. The van der Waals surface area contributed by atoms with Crippen LogP contribution in [0.25, 0.3) is 0 Å². The first kappa shape index (κ1) is 10.7. The molecule has 0 fully saturated rings. The minimum Gasteiger partial charge on any atom is -0.468 e. The van der Waals surface area contributed by atoms with Gasteiger partial charge in [0.25, 0.3) is 6.47 Å². The van der Waals surface area contributed by atoms with Crippen molar-refractivity contribution in [1.29, 1.82) is 0 Å². The van der Waals surface area contributed by atoms with Gasteiger partial charge in [-0.1, -0.05) is 13.5 Å². The lowest BCUT2D eigenvalue weighted by Gasteiger charge is -2.09. The van der Waals surface area contributed by atoms with Crippen molar-refractivity contribution in [2.75, 3.05) is 13.2 Å². The Balaban J connectivity index is 3.42. The van der Waals surface area contributed by atoms with E-state index in [0.29, 0.717) is 19.6 Å². The quantitative estimate of drug-likeness (QED) is 0.455. The molecule has 0 spiro atoms. The van der Waals surface area contributed by atoms with Crippen LogP contribution in [0.1, 0.15) is 6.92 Å². The van der Waals surface area contributed by atoms with Crippen LogP contribution >= 0.6 is 0 Å². The molecule has 4 heteroatoms. The van der Waals surface area contributed by atoms with E-state index in [0.717, 1.165) is 0 Å².